The first-order chi connectivity index (χ1) is 3.43. The van der Waals surface area contributed by atoms with Crippen molar-refractivity contribution in [3.8, 4) is 0 Å². The summed E-state index contributed by atoms with van der Waals surface area (Å²) in [5.41, 5.74) is 0. The molecule has 0 N–H and O–H groups in total. The van der Waals surface area contributed by atoms with E-state index in [0.717, 1.165) is 6.42 Å². The number of allylic oxidation sites excluding steroid dienone is 3. The molecule has 0 nitrogen and oxygen atoms in total. The van der Waals surface area contributed by atoms with Crippen LogP contribution < -0.4 is 0 Å². The van der Waals surface area contributed by atoms with Crippen molar-refractivity contribution in [1.29, 1.82) is 0 Å². The molecule has 1 aliphatic carbocycles. The van der Waals surface area contributed by atoms with Crippen molar-refractivity contribution in [3.63, 3.8) is 0 Å². The Morgan fingerprint density at radius 2 is 2.50 bits per heavy atom. The van der Waals surface area contributed by atoms with E-state index in [1.165, 1.54) is 0 Å². The fourth-order valence-electron chi connectivity index (χ4n) is 0.678. The van der Waals surface area contributed by atoms with Crippen LogP contribution in [-0.2, 0) is 0 Å². The molecule has 0 unspecified atom stereocenters. The molecule has 0 aromatic rings. The van der Waals surface area contributed by atoms with Crippen LogP contribution in [0.25, 0.3) is 0 Å². The summed E-state index contributed by atoms with van der Waals surface area (Å²) in [4.78, 5) is 0. The van der Waals surface area contributed by atoms with E-state index < -0.39 is 0 Å². The molecule has 0 radical (unpaired) electrons. The van der Waals surface area contributed by atoms with Crippen molar-refractivity contribution >= 4 is 23.1 Å². The molecule has 1 atom stereocenters. The summed E-state index contributed by atoms with van der Waals surface area (Å²) in [5.74, 6) is 0.514. The van der Waals surface area contributed by atoms with Crippen molar-refractivity contribution in [2.24, 2.45) is 5.92 Å². The predicted molar refractivity (Wildman–Crippen MR) is 36.2 cm³/mol. The van der Waals surface area contributed by atoms with Gasteiger partial charge in [0.2, 0.25) is 0 Å². The third kappa shape index (κ3) is 1.93. The number of hydrogen-bond donors (Lipinski definition) is 0. The van der Waals surface area contributed by atoms with Crippen molar-refractivity contribution < 1.29 is 0 Å². The van der Waals surface area contributed by atoms with Crippen molar-refractivity contribution in [1.82, 2.24) is 0 Å². The predicted octanol–water partition coefficient (Wildman–Crippen LogP) is 1.38. The van der Waals surface area contributed by atoms with Crippen LogP contribution in [0.15, 0.2) is 18.2 Å². The fourth-order valence-corrected chi connectivity index (χ4v) is 0.678. The van der Waals surface area contributed by atoms with Crippen molar-refractivity contribution in [2.75, 3.05) is 0 Å². The van der Waals surface area contributed by atoms with E-state index in [9.17, 15) is 0 Å². The van der Waals surface area contributed by atoms with Gasteiger partial charge in [-0.05, 0) is 0 Å². The molecule has 0 heterocycles. The second-order valence-electron chi connectivity index (χ2n) is 1.71. The van der Waals surface area contributed by atoms with E-state index in [1.807, 2.05) is 6.08 Å². The Morgan fingerprint density at radius 3 is 2.75 bits per heavy atom. The van der Waals surface area contributed by atoms with E-state index in [2.05, 4.69) is 12.5 Å². The largest absolute Gasteiger partial charge is 2.00 e. The minimum atomic E-state index is 0. The molecule has 1 rings (SSSR count). The van der Waals surface area contributed by atoms with Gasteiger partial charge in [0.05, 0.1) is 0 Å². The minimum absolute atomic E-state index is 0. The van der Waals surface area contributed by atoms with Gasteiger partial charge in [0.15, 0.2) is 0 Å². The van der Waals surface area contributed by atoms with E-state index in [4.69, 9.17) is 6.58 Å². The molecule has 0 spiro atoms. The van der Waals surface area contributed by atoms with Gasteiger partial charge in [-0.3, -0.25) is 6.08 Å². The monoisotopic (exact) mass is 116 g/mol. The topological polar surface area (TPSA) is 0 Å². The first-order valence-electron chi connectivity index (χ1n) is 2.48. The van der Waals surface area contributed by atoms with Crippen LogP contribution in [0.1, 0.15) is 6.42 Å². The maximum absolute atomic E-state index is 5.24. The van der Waals surface area contributed by atoms with E-state index >= 15 is 0 Å². The molecular formula is C7H8Mg. The van der Waals surface area contributed by atoms with Crippen LogP contribution in [0.4, 0.5) is 0 Å². The molecule has 38 valence electrons. The summed E-state index contributed by atoms with van der Waals surface area (Å²) in [6.45, 7) is 5.24. The molecule has 0 aliphatic heterocycles. The SMILES string of the molecule is [CH-]=C[C@H]1C=C[CH-]C1.[Mg+2]. The first-order valence-corrected chi connectivity index (χ1v) is 2.48. The molecule has 1 heteroatoms. The Balaban J connectivity index is 0.000000490. The van der Waals surface area contributed by atoms with Crippen molar-refractivity contribution in [3.05, 3.63) is 31.2 Å². The first kappa shape index (κ1) is 8.12. The van der Waals surface area contributed by atoms with Gasteiger partial charge in [0.1, 0.15) is 0 Å². The maximum Gasteiger partial charge on any atom is 2.00 e. The summed E-state index contributed by atoms with van der Waals surface area (Å²) in [6, 6.07) is 0. The van der Waals surface area contributed by atoms with E-state index in [0.29, 0.717) is 5.92 Å². The summed E-state index contributed by atoms with van der Waals surface area (Å²) >= 11 is 0. The summed E-state index contributed by atoms with van der Waals surface area (Å²) in [6.07, 6.45) is 9.08. The van der Waals surface area contributed by atoms with E-state index in [1.54, 1.807) is 6.08 Å². The average Bonchev–Trinajstić information content (AvgIpc) is 2.14. The Morgan fingerprint density at radius 1 is 1.75 bits per heavy atom. The van der Waals surface area contributed by atoms with Crippen LogP contribution in [0.2, 0.25) is 0 Å². The molecule has 8 heavy (non-hydrogen) atoms. The van der Waals surface area contributed by atoms with Gasteiger partial charge >= 0.3 is 23.1 Å². The maximum atomic E-state index is 5.24. The molecule has 0 amide bonds. The normalized spacial score (nSPS) is 23.8. The van der Waals surface area contributed by atoms with Gasteiger partial charge < -0.3 is 6.58 Å². The number of rotatable bonds is 1. The summed E-state index contributed by atoms with van der Waals surface area (Å²) < 4.78 is 0. The third-order valence-electron chi connectivity index (χ3n) is 1.15. The minimum Gasteiger partial charge on any atom is -0.519 e. The summed E-state index contributed by atoms with van der Waals surface area (Å²) in [7, 11) is 0. The summed E-state index contributed by atoms with van der Waals surface area (Å²) in [5, 5.41) is 0. The molecule has 0 bridgehead atoms. The second-order valence-corrected chi connectivity index (χ2v) is 1.71. The zero-order valence-electron chi connectivity index (χ0n) is 4.88. The van der Waals surface area contributed by atoms with E-state index in [-0.39, 0.29) is 23.1 Å². The molecule has 1 aliphatic rings. The zero-order valence-corrected chi connectivity index (χ0v) is 6.29. The Labute approximate surface area is 66.8 Å². The van der Waals surface area contributed by atoms with Gasteiger partial charge in [-0.15, -0.1) is 12.3 Å². The quantitative estimate of drug-likeness (QED) is 0.359. The molecule has 0 aromatic heterocycles. The fraction of sp³-hybridized carbons (Fsp3) is 0.286. The standard InChI is InChI=1S/C7H8.Mg/c1-2-7-5-3-4-6-7;/h1-5,7H,6H2;/q-2;+2/t7-;/m0./s1. The van der Waals surface area contributed by atoms with Crippen LogP contribution >= 0.6 is 0 Å². The Kier molecular flexibility index (Phi) is 4.10. The molecule has 0 fully saturated rings. The van der Waals surface area contributed by atoms with Gasteiger partial charge in [-0.25, -0.2) is 18.6 Å². The van der Waals surface area contributed by atoms with Crippen molar-refractivity contribution in [2.45, 2.75) is 6.42 Å². The molecule has 0 aromatic carbocycles. The average molecular weight is 116 g/mol. The number of hydrogen-bond acceptors (Lipinski definition) is 0. The van der Waals surface area contributed by atoms with Crippen LogP contribution in [0.3, 0.4) is 0 Å². The van der Waals surface area contributed by atoms with Gasteiger partial charge in [0, 0.05) is 0 Å². The zero-order chi connectivity index (χ0) is 5.11. The van der Waals surface area contributed by atoms with Crippen LogP contribution in [0, 0.1) is 18.9 Å². The van der Waals surface area contributed by atoms with Gasteiger partial charge in [-0.2, -0.15) is 0 Å². The van der Waals surface area contributed by atoms with Crippen LogP contribution in [-0.4, -0.2) is 23.1 Å². The Hall–Kier alpha value is 0.116. The van der Waals surface area contributed by atoms with Crippen LogP contribution in [0.5, 0.6) is 0 Å². The van der Waals surface area contributed by atoms with Gasteiger partial charge in [0.25, 0.3) is 0 Å². The molecular weight excluding hydrogens is 108 g/mol. The second kappa shape index (κ2) is 4.04. The smallest absolute Gasteiger partial charge is 0.519 e. The molecule has 0 saturated heterocycles. The molecule has 0 saturated carbocycles. The van der Waals surface area contributed by atoms with Gasteiger partial charge in [-0.1, -0.05) is 0 Å². The third-order valence-corrected chi connectivity index (χ3v) is 1.15. The Bertz CT molecular complexity index is 94.6.